The molecule has 146 valence electrons. The van der Waals surface area contributed by atoms with E-state index in [2.05, 4.69) is 5.32 Å². The van der Waals surface area contributed by atoms with Crippen LogP contribution in [0.25, 0.3) is 12.2 Å². The third kappa shape index (κ3) is 4.58. The molecule has 29 heavy (non-hydrogen) atoms. The molecule has 2 aliphatic rings. The number of nitrogens with zero attached hydrogens (tertiary/aromatic N) is 1. The first-order valence-electron chi connectivity index (χ1n) is 9.16. The highest BCUT2D eigenvalue weighted by Crippen LogP contribution is 2.34. The molecule has 5 nitrogen and oxygen atoms in total. The lowest BCUT2D eigenvalue weighted by molar-refractivity contribution is -0.115. The van der Waals surface area contributed by atoms with Crippen molar-refractivity contribution in [2.75, 3.05) is 18.1 Å². The Morgan fingerprint density at radius 3 is 2.76 bits per heavy atom. The summed E-state index contributed by atoms with van der Waals surface area (Å²) in [4.78, 5) is 27.1. The first-order chi connectivity index (χ1) is 14.1. The molecule has 1 fully saturated rings. The molecule has 0 atom stereocenters. The van der Waals surface area contributed by atoms with Crippen molar-refractivity contribution in [2.24, 2.45) is 0 Å². The number of hydrogen-bond donors (Lipinski definition) is 1. The van der Waals surface area contributed by atoms with E-state index in [-0.39, 0.29) is 11.8 Å². The van der Waals surface area contributed by atoms with E-state index in [4.69, 9.17) is 17.0 Å². The molecule has 7 heteroatoms. The number of carbonyl (C=O) groups is 2. The number of nitrogens with one attached hydrogen (secondary N) is 1. The van der Waals surface area contributed by atoms with E-state index in [1.165, 1.54) is 11.8 Å². The van der Waals surface area contributed by atoms with Gasteiger partial charge in [0.05, 0.1) is 17.2 Å². The van der Waals surface area contributed by atoms with Crippen LogP contribution in [0.1, 0.15) is 17.5 Å². The number of hydrogen-bond acceptors (Lipinski definition) is 5. The summed E-state index contributed by atoms with van der Waals surface area (Å²) in [6.45, 7) is 1.11. The zero-order valence-corrected chi connectivity index (χ0v) is 17.1. The summed E-state index contributed by atoms with van der Waals surface area (Å²) >= 11 is 6.27. The number of rotatable bonds is 3. The van der Waals surface area contributed by atoms with Gasteiger partial charge in [-0.2, -0.15) is 0 Å². The summed E-state index contributed by atoms with van der Waals surface area (Å²) in [6, 6.07) is 15.3. The normalized spacial score (nSPS) is 17.8. The molecule has 2 aromatic rings. The minimum Gasteiger partial charge on any atom is -0.491 e. The summed E-state index contributed by atoms with van der Waals surface area (Å²) in [5.41, 5.74) is 2.47. The van der Waals surface area contributed by atoms with Crippen molar-refractivity contribution >= 4 is 58.0 Å². The van der Waals surface area contributed by atoms with Crippen LogP contribution in [0.3, 0.4) is 0 Å². The molecule has 2 aromatic carbocycles. The first kappa shape index (κ1) is 19.4. The Balaban J connectivity index is 1.63. The second-order valence-electron chi connectivity index (χ2n) is 6.52. The van der Waals surface area contributed by atoms with Crippen LogP contribution in [-0.2, 0) is 9.59 Å². The van der Waals surface area contributed by atoms with Crippen molar-refractivity contribution in [3.05, 3.63) is 70.6 Å². The molecule has 1 saturated heterocycles. The molecule has 2 heterocycles. The lowest BCUT2D eigenvalue weighted by Crippen LogP contribution is -2.29. The summed E-state index contributed by atoms with van der Waals surface area (Å²) in [5.74, 6) is 0.342. The standard InChI is InChI=1S/C22H18N2O3S2/c25-20(10-8-15-5-2-1-3-6-15)24-11-4-12-27-18-9-7-16(13-17(18)24)14-19-21(26)23-22(28)29-19/h1-3,5-10,13-14H,4,11-12H2,(H,23,26,28). The van der Waals surface area contributed by atoms with E-state index in [1.807, 2.05) is 48.5 Å². The summed E-state index contributed by atoms with van der Waals surface area (Å²) in [7, 11) is 0. The van der Waals surface area contributed by atoms with Crippen LogP contribution in [0.15, 0.2) is 59.5 Å². The minimum absolute atomic E-state index is 0.112. The highest BCUT2D eigenvalue weighted by atomic mass is 32.2. The fraction of sp³-hybridized carbons (Fsp3) is 0.136. The van der Waals surface area contributed by atoms with E-state index < -0.39 is 0 Å². The van der Waals surface area contributed by atoms with Crippen molar-refractivity contribution in [2.45, 2.75) is 6.42 Å². The number of benzene rings is 2. The maximum absolute atomic E-state index is 12.9. The van der Waals surface area contributed by atoms with Crippen LogP contribution in [0, 0.1) is 0 Å². The van der Waals surface area contributed by atoms with Gasteiger partial charge in [0, 0.05) is 12.6 Å². The molecule has 0 aliphatic carbocycles. The van der Waals surface area contributed by atoms with Crippen molar-refractivity contribution in [3.8, 4) is 5.75 Å². The van der Waals surface area contributed by atoms with Crippen molar-refractivity contribution in [3.63, 3.8) is 0 Å². The topological polar surface area (TPSA) is 58.6 Å². The molecule has 2 aliphatic heterocycles. The molecule has 0 radical (unpaired) electrons. The maximum Gasteiger partial charge on any atom is 0.263 e. The van der Waals surface area contributed by atoms with Gasteiger partial charge in [-0.25, -0.2) is 0 Å². The zero-order chi connectivity index (χ0) is 20.2. The van der Waals surface area contributed by atoms with E-state index >= 15 is 0 Å². The molecule has 2 amide bonds. The highest BCUT2D eigenvalue weighted by Gasteiger charge is 2.24. The van der Waals surface area contributed by atoms with Crippen LogP contribution in [0.5, 0.6) is 5.75 Å². The van der Waals surface area contributed by atoms with Gasteiger partial charge >= 0.3 is 0 Å². The quantitative estimate of drug-likeness (QED) is 0.598. The largest absolute Gasteiger partial charge is 0.491 e. The molecular formula is C22H18N2O3S2. The van der Waals surface area contributed by atoms with E-state index in [1.54, 1.807) is 23.1 Å². The Bertz CT molecular complexity index is 1030. The van der Waals surface area contributed by atoms with Gasteiger partial charge in [-0.1, -0.05) is 60.4 Å². The first-order valence-corrected chi connectivity index (χ1v) is 10.4. The summed E-state index contributed by atoms with van der Waals surface area (Å²) < 4.78 is 6.26. The number of amides is 2. The van der Waals surface area contributed by atoms with Gasteiger partial charge in [0.1, 0.15) is 10.1 Å². The van der Waals surface area contributed by atoms with Crippen LogP contribution >= 0.6 is 24.0 Å². The van der Waals surface area contributed by atoms with Crippen LogP contribution < -0.4 is 15.0 Å². The van der Waals surface area contributed by atoms with E-state index in [9.17, 15) is 9.59 Å². The van der Waals surface area contributed by atoms with Gasteiger partial charge in [0.25, 0.3) is 11.8 Å². The zero-order valence-electron chi connectivity index (χ0n) is 15.5. The third-order valence-corrected chi connectivity index (χ3v) is 5.64. The Morgan fingerprint density at radius 2 is 2.00 bits per heavy atom. The van der Waals surface area contributed by atoms with Gasteiger partial charge in [0.2, 0.25) is 0 Å². The number of fused-ring (bicyclic) bond motifs is 1. The predicted octanol–water partition coefficient (Wildman–Crippen LogP) is 4.00. The number of carbonyl (C=O) groups excluding carboxylic acids is 2. The van der Waals surface area contributed by atoms with Gasteiger partial charge < -0.3 is 15.0 Å². The predicted molar refractivity (Wildman–Crippen MR) is 121 cm³/mol. The fourth-order valence-corrected chi connectivity index (χ4v) is 4.15. The van der Waals surface area contributed by atoms with Crippen LogP contribution in [-0.4, -0.2) is 29.3 Å². The Morgan fingerprint density at radius 1 is 1.17 bits per heavy atom. The van der Waals surface area contributed by atoms with Crippen LogP contribution in [0.2, 0.25) is 0 Å². The van der Waals surface area contributed by atoms with Gasteiger partial charge in [0.15, 0.2) is 0 Å². The molecule has 0 unspecified atom stereocenters. The van der Waals surface area contributed by atoms with Gasteiger partial charge in [-0.3, -0.25) is 9.59 Å². The average molecular weight is 423 g/mol. The second-order valence-corrected chi connectivity index (χ2v) is 8.23. The highest BCUT2D eigenvalue weighted by molar-refractivity contribution is 8.26. The molecule has 0 saturated carbocycles. The second kappa shape index (κ2) is 8.63. The lowest BCUT2D eigenvalue weighted by Gasteiger charge is -2.20. The third-order valence-electron chi connectivity index (χ3n) is 4.48. The molecule has 0 bridgehead atoms. The number of ether oxygens (including phenoxy) is 1. The monoisotopic (exact) mass is 422 g/mol. The van der Waals surface area contributed by atoms with Crippen molar-refractivity contribution in [1.82, 2.24) is 5.32 Å². The smallest absolute Gasteiger partial charge is 0.263 e. The molecular weight excluding hydrogens is 404 g/mol. The molecule has 0 aromatic heterocycles. The van der Waals surface area contributed by atoms with Crippen molar-refractivity contribution < 1.29 is 14.3 Å². The number of anilines is 1. The Kier molecular flexibility index (Phi) is 5.78. The van der Waals surface area contributed by atoms with Gasteiger partial charge in [-0.05, 0) is 41.8 Å². The minimum atomic E-state index is -0.204. The lowest BCUT2D eigenvalue weighted by atomic mass is 10.1. The fourth-order valence-electron chi connectivity index (χ4n) is 3.11. The van der Waals surface area contributed by atoms with E-state index in [0.717, 1.165) is 17.5 Å². The molecule has 4 rings (SSSR count). The number of thioether (sulfide) groups is 1. The Hall–Kier alpha value is -2.90. The molecule has 0 spiro atoms. The van der Waals surface area contributed by atoms with Gasteiger partial charge in [-0.15, -0.1) is 0 Å². The van der Waals surface area contributed by atoms with E-state index in [0.29, 0.717) is 33.8 Å². The molecule has 1 N–H and O–H groups in total. The Labute approximate surface area is 178 Å². The summed E-state index contributed by atoms with van der Waals surface area (Å²) in [5, 5.41) is 2.61. The average Bonchev–Trinajstić information content (AvgIpc) is 2.91. The SMILES string of the molecule is O=C1NC(=S)SC1=Cc1ccc2c(c1)N(C(=O)C=Cc1ccccc1)CCCO2. The summed E-state index contributed by atoms with van der Waals surface area (Å²) in [6.07, 6.45) is 5.89. The van der Waals surface area contributed by atoms with Crippen molar-refractivity contribution in [1.29, 1.82) is 0 Å². The number of thiocarbonyl (C=S) groups is 1. The maximum atomic E-state index is 12.9. The van der Waals surface area contributed by atoms with Crippen LogP contribution in [0.4, 0.5) is 5.69 Å².